The van der Waals surface area contributed by atoms with Gasteiger partial charge in [0, 0.05) is 28.6 Å². The van der Waals surface area contributed by atoms with Crippen molar-refractivity contribution in [2.24, 2.45) is 5.92 Å². The van der Waals surface area contributed by atoms with Gasteiger partial charge >= 0.3 is 6.18 Å². The first kappa shape index (κ1) is 13.6. The number of Topliss-reactive ketones (excluding diaryl/α,β-unsaturated/α-hetero) is 1. The maximum Gasteiger partial charge on any atom is 0.406 e. The molecule has 0 saturated carbocycles. The lowest BCUT2D eigenvalue weighted by atomic mass is 10.0. The molecule has 0 saturated heterocycles. The van der Waals surface area contributed by atoms with E-state index in [-0.39, 0.29) is 11.7 Å². The molecule has 0 aliphatic heterocycles. The third kappa shape index (κ3) is 2.80. The first-order valence-electron chi connectivity index (χ1n) is 5.98. The van der Waals surface area contributed by atoms with Gasteiger partial charge in [-0.1, -0.05) is 32.0 Å². The molecule has 0 aliphatic rings. The predicted molar refractivity (Wildman–Crippen MR) is 67.2 cm³/mol. The van der Waals surface area contributed by atoms with E-state index >= 15 is 0 Å². The van der Waals surface area contributed by atoms with Crippen molar-refractivity contribution in [3.8, 4) is 0 Å². The Bertz CT molecular complexity index is 611. The molecule has 0 N–H and O–H groups in total. The molecule has 0 unspecified atom stereocenters. The number of nitrogens with zero attached hydrogens (tertiary/aromatic N) is 1. The molecule has 0 aliphatic carbocycles. The van der Waals surface area contributed by atoms with Gasteiger partial charge in [-0.15, -0.1) is 0 Å². The quantitative estimate of drug-likeness (QED) is 0.771. The lowest BCUT2D eigenvalue weighted by molar-refractivity contribution is -0.139. The van der Waals surface area contributed by atoms with Gasteiger partial charge in [0.15, 0.2) is 5.78 Å². The third-order valence-corrected chi connectivity index (χ3v) is 2.93. The number of benzene rings is 1. The Morgan fingerprint density at radius 3 is 2.47 bits per heavy atom. The molecule has 19 heavy (non-hydrogen) atoms. The topological polar surface area (TPSA) is 22.0 Å². The van der Waals surface area contributed by atoms with Gasteiger partial charge < -0.3 is 4.57 Å². The monoisotopic (exact) mass is 269 g/mol. The molecule has 0 atom stereocenters. The highest BCUT2D eigenvalue weighted by Crippen LogP contribution is 2.27. The summed E-state index contributed by atoms with van der Waals surface area (Å²) in [6.45, 7) is 2.38. The van der Waals surface area contributed by atoms with E-state index in [0.29, 0.717) is 16.5 Å². The zero-order valence-corrected chi connectivity index (χ0v) is 10.7. The number of alkyl halides is 3. The van der Waals surface area contributed by atoms with Gasteiger partial charge in [-0.3, -0.25) is 4.79 Å². The first-order chi connectivity index (χ1) is 8.79. The minimum Gasteiger partial charge on any atom is -0.338 e. The molecule has 0 fully saturated rings. The van der Waals surface area contributed by atoms with Crippen molar-refractivity contribution in [1.82, 2.24) is 4.57 Å². The minimum absolute atomic E-state index is 0.142. The fourth-order valence-electron chi connectivity index (χ4n) is 2.08. The fraction of sp³-hybridized carbons (Fsp3) is 0.357. The van der Waals surface area contributed by atoms with Crippen LogP contribution in [-0.4, -0.2) is 16.5 Å². The van der Waals surface area contributed by atoms with E-state index in [1.54, 1.807) is 38.1 Å². The predicted octanol–water partition coefficient (Wildman–Crippen LogP) is 4.04. The number of rotatable bonds is 3. The Balaban J connectivity index is 2.58. The van der Waals surface area contributed by atoms with E-state index in [1.165, 1.54) is 6.20 Å². The summed E-state index contributed by atoms with van der Waals surface area (Å²) >= 11 is 0. The molecule has 1 aromatic heterocycles. The summed E-state index contributed by atoms with van der Waals surface area (Å²) in [5.74, 6) is -0.387. The number of carbonyl (C=O) groups is 1. The van der Waals surface area contributed by atoms with Crippen LogP contribution in [0, 0.1) is 5.92 Å². The molecule has 2 rings (SSSR count). The minimum atomic E-state index is -4.31. The number of hydrogen-bond donors (Lipinski definition) is 0. The van der Waals surface area contributed by atoms with Gasteiger partial charge in [-0.25, -0.2) is 0 Å². The second-order valence-corrected chi connectivity index (χ2v) is 4.82. The Hall–Kier alpha value is -1.78. The second kappa shape index (κ2) is 4.72. The highest BCUT2D eigenvalue weighted by atomic mass is 19.4. The number of fused-ring (bicyclic) bond motifs is 1. The summed E-state index contributed by atoms with van der Waals surface area (Å²) < 4.78 is 38.7. The van der Waals surface area contributed by atoms with Gasteiger partial charge in [-0.2, -0.15) is 13.2 Å². The molecule has 0 bridgehead atoms. The van der Waals surface area contributed by atoms with Crippen LogP contribution >= 0.6 is 0 Å². The molecule has 1 aromatic carbocycles. The summed E-state index contributed by atoms with van der Waals surface area (Å²) in [6.07, 6.45) is -3.00. The molecule has 102 valence electrons. The summed E-state index contributed by atoms with van der Waals surface area (Å²) in [7, 11) is 0. The highest BCUT2D eigenvalue weighted by molar-refractivity contribution is 6.08. The fourth-order valence-corrected chi connectivity index (χ4v) is 2.08. The maximum absolute atomic E-state index is 12.5. The van der Waals surface area contributed by atoms with Gasteiger partial charge in [0.25, 0.3) is 0 Å². The Labute approximate surface area is 108 Å². The number of aromatic nitrogens is 1. The number of halogens is 3. The van der Waals surface area contributed by atoms with Crippen LogP contribution in [0.3, 0.4) is 0 Å². The normalized spacial score (nSPS) is 12.3. The lowest BCUT2D eigenvalue weighted by Gasteiger charge is -2.08. The van der Waals surface area contributed by atoms with Gasteiger partial charge in [-0.05, 0) is 6.07 Å². The number of para-hydroxylation sites is 1. The van der Waals surface area contributed by atoms with Crippen LogP contribution in [0.15, 0.2) is 30.5 Å². The molecule has 0 radical (unpaired) electrons. The molecule has 0 amide bonds. The number of hydrogen-bond acceptors (Lipinski definition) is 1. The van der Waals surface area contributed by atoms with Gasteiger partial charge in [0.1, 0.15) is 6.54 Å². The van der Waals surface area contributed by atoms with Crippen molar-refractivity contribution in [2.75, 3.05) is 0 Å². The van der Waals surface area contributed by atoms with Crippen LogP contribution < -0.4 is 0 Å². The molecule has 5 heteroatoms. The standard InChI is InChI=1S/C14H14F3NO/c1-9(2)13(19)11-7-18(8-14(15,16)17)12-6-4-3-5-10(11)12/h3-7,9H,8H2,1-2H3. The van der Waals surface area contributed by atoms with Crippen LogP contribution in [0.4, 0.5) is 13.2 Å². The molecule has 0 spiro atoms. The SMILES string of the molecule is CC(C)C(=O)c1cn(CC(F)(F)F)c2ccccc12. The zero-order chi connectivity index (χ0) is 14.2. The largest absolute Gasteiger partial charge is 0.406 e. The molecular weight excluding hydrogens is 255 g/mol. The summed E-state index contributed by atoms with van der Waals surface area (Å²) in [5.41, 5.74) is 0.790. The van der Waals surface area contributed by atoms with Crippen LogP contribution in [0.5, 0.6) is 0 Å². The Morgan fingerprint density at radius 1 is 1.26 bits per heavy atom. The van der Waals surface area contributed by atoms with E-state index in [4.69, 9.17) is 0 Å². The highest BCUT2D eigenvalue weighted by Gasteiger charge is 2.29. The number of carbonyl (C=O) groups excluding carboxylic acids is 1. The van der Waals surface area contributed by atoms with Crippen LogP contribution in [0.2, 0.25) is 0 Å². The molecule has 2 aromatic rings. The maximum atomic E-state index is 12.5. The van der Waals surface area contributed by atoms with Crippen LogP contribution in [0.25, 0.3) is 10.9 Å². The van der Waals surface area contributed by atoms with E-state index in [0.717, 1.165) is 4.57 Å². The summed E-state index contributed by atoms with van der Waals surface area (Å²) in [6, 6.07) is 6.66. The first-order valence-corrected chi connectivity index (χ1v) is 5.98. The van der Waals surface area contributed by atoms with Gasteiger partial charge in [0.2, 0.25) is 0 Å². The smallest absolute Gasteiger partial charge is 0.338 e. The van der Waals surface area contributed by atoms with E-state index in [1.807, 2.05) is 0 Å². The molecular formula is C14H14F3NO. The molecule has 1 heterocycles. The van der Waals surface area contributed by atoms with Crippen molar-refractivity contribution in [3.63, 3.8) is 0 Å². The second-order valence-electron chi connectivity index (χ2n) is 4.82. The van der Waals surface area contributed by atoms with E-state index < -0.39 is 12.7 Å². The van der Waals surface area contributed by atoms with Crippen molar-refractivity contribution >= 4 is 16.7 Å². The van der Waals surface area contributed by atoms with Crippen molar-refractivity contribution < 1.29 is 18.0 Å². The van der Waals surface area contributed by atoms with Crippen molar-refractivity contribution in [2.45, 2.75) is 26.6 Å². The van der Waals surface area contributed by atoms with E-state index in [2.05, 4.69) is 0 Å². The zero-order valence-electron chi connectivity index (χ0n) is 10.7. The Kier molecular flexibility index (Phi) is 3.39. The summed E-state index contributed by atoms with van der Waals surface area (Å²) in [4.78, 5) is 12.0. The number of ketones is 1. The molecule has 2 nitrogen and oxygen atoms in total. The lowest BCUT2D eigenvalue weighted by Crippen LogP contribution is -2.17. The van der Waals surface area contributed by atoms with Crippen molar-refractivity contribution in [1.29, 1.82) is 0 Å². The Morgan fingerprint density at radius 2 is 1.89 bits per heavy atom. The summed E-state index contributed by atoms with van der Waals surface area (Å²) in [5, 5.41) is 0.574. The average Bonchev–Trinajstić information content (AvgIpc) is 2.65. The van der Waals surface area contributed by atoms with Crippen LogP contribution in [0.1, 0.15) is 24.2 Å². The van der Waals surface area contributed by atoms with Crippen molar-refractivity contribution in [3.05, 3.63) is 36.0 Å². The van der Waals surface area contributed by atoms with Crippen LogP contribution in [-0.2, 0) is 6.54 Å². The third-order valence-electron chi connectivity index (χ3n) is 2.93. The van der Waals surface area contributed by atoms with Gasteiger partial charge in [0.05, 0.1) is 0 Å². The average molecular weight is 269 g/mol. The van der Waals surface area contributed by atoms with E-state index in [9.17, 15) is 18.0 Å².